The Kier molecular flexibility index (Phi) is 3.53. The van der Waals surface area contributed by atoms with Gasteiger partial charge >= 0.3 is 0 Å². The second-order valence-corrected chi connectivity index (χ2v) is 5.26. The molecule has 2 N–H and O–H groups in total. The van der Waals surface area contributed by atoms with E-state index < -0.39 is 0 Å². The molecule has 2 unspecified atom stereocenters. The Bertz CT molecular complexity index is 487. The van der Waals surface area contributed by atoms with Crippen LogP contribution in [0.1, 0.15) is 30.0 Å². The Hall–Kier alpha value is -1.39. The third-order valence-corrected chi connectivity index (χ3v) is 3.82. The van der Waals surface area contributed by atoms with Gasteiger partial charge in [0.2, 0.25) is 5.91 Å². The van der Waals surface area contributed by atoms with Crippen LogP contribution >= 0.6 is 0 Å². The summed E-state index contributed by atoms with van der Waals surface area (Å²) in [4.78, 5) is 11.9. The second kappa shape index (κ2) is 5.31. The first-order chi connectivity index (χ1) is 9.28. The number of rotatable bonds is 5. The van der Waals surface area contributed by atoms with Crippen LogP contribution in [0, 0.1) is 5.92 Å². The predicted octanol–water partition coefficient (Wildman–Crippen LogP) is 1.33. The average molecular weight is 260 g/mol. The van der Waals surface area contributed by atoms with E-state index in [1.807, 2.05) is 6.92 Å². The highest BCUT2D eigenvalue weighted by Crippen LogP contribution is 2.33. The SMILES string of the molecule is CCOC1CC1C(=O)NCc1ccc2c(c1)CNC2. The summed E-state index contributed by atoms with van der Waals surface area (Å²) in [6.45, 7) is 5.16. The summed E-state index contributed by atoms with van der Waals surface area (Å²) in [5.74, 6) is 0.188. The average Bonchev–Trinajstić information content (AvgIpc) is 3.02. The lowest BCUT2D eigenvalue weighted by molar-refractivity contribution is -0.123. The minimum Gasteiger partial charge on any atom is -0.378 e. The number of nitrogens with one attached hydrogen (secondary N) is 2. The van der Waals surface area contributed by atoms with Crippen LogP contribution in [0.3, 0.4) is 0 Å². The Balaban J connectivity index is 1.51. The zero-order valence-electron chi connectivity index (χ0n) is 11.2. The van der Waals surface area contributed by atoms with Crippen LogP contribution in [0.25, 0.3) is 0 Å². The molecule has 0 aromatic heterocycles. The predicted molar refractivity (Wildman–Crippen MR) is 72.4 cm³/mol. The Morgan fingerprint density at radius 2 is 2.26 bits per heavy atom. The molecule has 1 aromatic carbocycles. The highest BCUT2D eigenvalue weighted by atomic mass is 16.5. The summed E-state index contributed by atoms with van der Waals surface area (Å²) in [5.41, 5.74) is 3.89. The van der Waals surface area contributed by atoms with Crippen LogP contribution in [0.15, 0.2) is 18.2 Å². The molecule has 3 rings (SSSR count). The number of carbonyl (C=O) groups excluding carboxylic acids is 1. The van der Waals surface area contributed by atoms with Gasteiger partial charge in [0.05, 0.1) is 12.0 Å². The van der Waals surface area contributed by atoms with Gasteiger partial charge in [-0.2, -0.15) is 0 Å². The Morgan fingerprint density at radius 1 is 1.42 bits per heavy atom. The number of carbonyl (C=O) groups is 1. The molecular formula is C15H20N2O2. The van der Waals surface area contributed by atoms with E-state index in [4.69, 9.17) is 4.74 Å². The Labute approximate surface area is 113 Å². The van der Waals surface area contributed by atoms with Crippen molar-refractivity contribution < 1.29 is 9.53 Å². The van der Waals surface area contributed by atoms with Gasteiger partial charge in [-0.1, -0.05) is 18.2 Å². The minimum absolute atomic E-state index is 0.0658. The molecule has 1 heterocycles. The maximum Gasteiger partial charge on any atom is 0.226 e. The normalized spacial score (nSPS) is 24.1. The van der Waals surface area contributed by atoms with Gasteiger partial charge < -0.3 is 15.4 Å². The van der Waals surface area contributed by atoms with Crippen LogP contribution in [-0.2, 0) is 29.2 Å². The molecule has 19 heavy (non-hydrogen) atoms. The lowest BCUT2D eigenvalue weighted by atomic mass is 10.1. The van der Waals surface area contributed by atoms with Crippen molar-refractivity contribution in [2.75, 3.05) is 6.61 Å². The van der Waals surface area contributed by atoms with Crippen molar-refractivity contribution in [2.24, 2.45) is 5.92 Å². The van der Waals surface area contributed by atoms with Crippen molar-refractivity contribution in [1.82, 2.24) is 10.6 Å². The fourth-order valence-electron chi connectivity index (χ4n) is 2.62. The molecule has 1 aliphatic carbocycles. The summed E-state index contributed by atoms with van der Waals surface area (Å²) in [6.07, 6.45) is 1.02. The number of benzene rings is 1. The molecule has 2 aliphatic rings. The number of amides is 1. The first-order valence-electron chi connectivity index (χ1n) is 6.98. The van der Waals surface area contributed by atoms with Gasteiger partial charge in [0, 0.05) is 26.2 Å². The molecule has 1 fully saturated rings. The summed E-state index contributed by atoms with van der Waals surface area (Å²) >= 11 is 0. The summed E-state index contributed by atoms with van der Waals surface area (Å²) in [6, 6.07) is 6.43. The standard InChI is InChI=1S/C15H20N2O2/c1-2-19-14-6-13(14)15(18)17-7-10-3-4-11-8-16-9-12(11)5-10/h3-5,13-14,16H,2,6-9H2,1H3,(H,17,18). The van der Waals surface area contributed by atoms with Crippen molar-refractivity contribution in [3.63, 3.8) is 0 Å². The van der Waals surface area contributed by atoms with E-state index >= 15 is 0 Å². The lowest BCUT2D eigenvalue weighted by Gasteiger charge is -2.07. The second-order valence-electron chi connectivity index (χ2n) is 5.26. The number of hydrogen-bond donors (Lipinski definition) is 2. The van der Waals surface area contributed by atoms with Crippen molar-refractivity contribution in [1.29, 1.82) is 0 Å². The summed E-state index contributed by atoms with van der Waals surface area (Å²) in [7, 11) is 0. The fourth-order valence-corrected chi connectivity index (χ4v) is 2.62. The zero-order valence-corrected chi connectivity index (χ0v) is 11.2. The molecule has 1 aromatic rings. The van der Waals surface area contributed by atoms with E-state index in [0.29, 0.717) is 13.2 Å². The van der Waals surface area contributed by atoms with Crippen LogP contribution in [0.5, 0.6) is 0 Å². The molecular weight excluding hydrogens is 240 g/mol. The lowest BCUT2D eigenvalue weighted by Crippen LogP contribution is -2.26. The highest BCUT2D eigenvalue weighted by Gasteiger charge is 2.43. The van der Waals surface area contributed by atoms with E-state index in [9.17, 15) is 4.79 Å². The molecule has 0 saturated heterocycles. The van der Waals surface area contributed by atoms with Gasteiger partial charge in [-0.05, 0) is 30.0 Å². The minimum atomic E-state index is 0.0658. The van der Waals surface area contributed by atoms with Crippen molar-refractivity contribution in [3.8, 4) is 0 Å². The summed E-state index contributed by atoms with van der Waals surface area (Å²) in [5, 5.41) is 6.33. The number of hydrogen-bond acceptors (Lipinski definition) is 3. The van der Waals surface area contributed by atoms with Crippen molar-refractivity contribution in [2.45, 2.75) is 39.1 Å². The maximum atomic E-state index is 11.9. The van der Waals surface area contributed by atoms with Crippen LogP contribution in [0.4, 0.5) is 0 Å². The third-order valence-electron chi connectivity index (χ3n) is 3.82. The van der Waals surface area contributed by atoms with Gasteiger partial charge in [-0.25, -0.2) is 0 Å². The molecule has 4 heteroatoms. The van der Waals surface area contributed by atoms with Gasteiger partial charge in [0.1, 0.15) is 0 Å². The van der Waals surface area contributed by atoms with E-state index in [1.54, 1.807) is 0 Å². The van der Waals surface area contributed by atoms with Crippen LogP contribution in [-0.4, -0.2) is 18.6 Å². The fraction of sp³-hybridized carbons (Fsp3) is 0.533. The monoisotopic (exact) mass is 260 g/mol. The van der Waals surface area contributed by atoms with E-state index in [2.05, 4.69) is 28.8 Å². The molecule has 1 amide bonds. The maximum absolute atomic E-state index is 11.9. The van der Waals surface area contributed by atoms with Crippen LogP contribution in [0.2, 0.25) is 0 Å². The van der Waals surface area contributed by atoms with Gasteiger partial charge in [0.15, 0.2) is 0 Å². The van der Waals surface area contributed by atoms with Gasteiger partial charge in [-0.3, -0.25) is 4.79 Å². The molecule has 2 atom stereocenters. The van der Waals surface area contributed by atoms with E-state index in [-0.39, 0.29) is 17.9 Å². The van der Waals surface area contributed by atoms with Crippen LogP contribution < -0.4 is 10.6 Å². The molecule has 1 aliphatic heterocycles. The molecule has 0 bridgehead atoms. The molecule has 0 radical (unpaired) electrons. The molecule has 1 saturated carbocycles. The molecule has 4 nitrogen and oxygen atoms in total. The largest absolute Gasteiger partial charge is 0.378 e. The smallest absolute Gasteiger partial charge is 0.226 e. The topological polar surface area (TPSA) is 50.4 Å². The van der Waals surface area contributed by atoms with Gasteiger partial charge in [0.25, 0.3) is 0 Å². The van der Waals surface area contributed by atoms with Crippen molar-refractivity contribution in [3.05, 3.63) is 34.9 Å². The highest BCUT2D eigenvalue weighted by molar-refractivity contribution is 5.82. The van der Waals surface area contributed by atoms with Gasteiger partial charge in [-0.15, -0.1) is 0 Å². The van der Waals surface area contributed by atoms with Crippen molar-refractivity contribution >= 4 is 5.91 Å². The zero-order chi connectivity index (χ0) is 13.2. The van der Waals surface area contributed by atoms with E-state index in [1.165, 1.54) is 16.7 Å². The first-order valence-corrected chi connectivity index (χ1v) is 6.98. The number of ether oxygens (including phenoxy) is 1. The quantitative estimate of drug-likeness (QED) is 0.840. The first kappa shape index (κ1) is 12.6. The molecule has 0 spiro atoms. The van der Waals surface area contributed by atoms with E-state index in [0.717, 1.165) is 19.5 Å². The molecule has 102 valence electrons. The number of fused-ring (bicyclic) bond motifs is 1. The third kappa shape index (κ3) is 2.80. The Morgan fingerprint density at radius 3 is 3.11 bits per heavy atom. The summed E-state index contributed by atoms with van der Waals surface area (Å²) < 4.78 is 5.43.